The van der Waals surface area contributed by atoms with Gasteiger partial charge in [0.1, 0.15) is 5.60 Å². The van der Waals surface area contributed by atoms with Crippen LogP contribution >= 0.6 is 0 Å². The zero-order valence-electron chi connectivity index (χ0n) is 14.5. The third-order valence-corrected chi connectivity index (χ3v) is 3.03. The van der Waals surface area contributed by atoms with Gasteiger partial charge in [-0.05, 0) is 33.1 Å². The van der Waals surface area contributed by atoms with Gasteiger partial charge in [-0.15, -0.1) is 5.10 Å². The number of amides is 1. The van der Waals surface area contributed by atoms with Gasteiger partial charge >= 0.3 is 6.09 Å². The molecule has 0 bridgehead atoms. The zero-order valence-corrected chi connectivity index (χ0v) is 14.5. The largest absolute Gasteiger partial charge is 0.444 e. The number of aryl methyl sites for hydroxylation is 1. The molecule has 7 nitrogen and oxygen atoms in total. The Kier molecular flexibility index (Phi) is 6.80. The van der Waals surface area contributed by atoms with Gasteiger partial charge < -0.3 is 15.4 Å². The lowest BCUT2D eigenvalue weighted by Crippen LogP contribution is -2.43. The summed E-state index contributed by atoms with van der Waals surface area (Å²) in [5.74, 6) is 0.530. The van der Waals surface area contributed by atoms with Gasteiger partial charge in [-0.3, -0.25) is 4.68 Å². The fourth-order valence-corrected chi connectivity index (χ4v) is 2.05. The van der Waals surface area contributed by atoms with E-state index in [9.17, 15) is 4.79 Å². The molecule has 1 aromatic heterocycles. The highest BCUT2D eigenvalue weighted by Gasteiger charge is 2.18. The molecule has 0 radical (unpaired) electrons. The van der Waals surface area contributed by atoms with Crippen LogP contribution in [0.4, 0.5) is 4.79 Å². The van der Waals surface area contributed by atoms with Gasteiger partial charge in [0.05, 0.1) is 11.9 Å². The quantitative estimate of drug-likeness (QED) is 0.803. The van der Waals surface area contributed by atoms with E-state index in [0.717, 1.165) is 12.1 Å². The standard InChI is InChI=1S/C15H29N5O2/c1-11(2)7-12(8-17-14(21)22-15(3,4)5)16-9-13-10-18-19-20(13)6/h10-12,16H,7-9H2,1-6H3,(H,17,21). The second-order valence-electron chi connectivity index (χ2n) is 6.94. The Morgan fingerprint density at radius 3 is 2.59 bits per heavy atom. The molecule has 0 spiro atoms. The van der Waals surface area contributed by atoms with Gasteiger partial charge in [-0.25, -0.2) is 4.79 Å². The monoisotopic (exact) mass is 311 g/mol. The summed E-state index contributed by atoms with van der Waals surface area (Å²) in [5, 5.41) is 14.0. The highest BCUT2D eigenvalue weighted by atomic mass is 16.6. The van der Waals surface area contributed by atoms with E-state index >= 15 is 0 Å². The molecule has 0 aliphatic heterocycles. The van der Waals surface area contributed by atoms with Crippen molar-refractivity contribution in [3.8, 4) is 0 Å². The van der Waals surface area contributed by atoms with Gasteiger partial charge in [0.2, 0.25) is 0 Å². The van der Waals surface area contributed by atoms with Crippen molar-refractivity contribution in [1.29, 1.82) is 0 Å². The second kappa shape index (κ2) is 8.12. The Hall–Kier alpha value is -1.63. The van der Waals surface area contributed by atoms with Gasteiger partial charge in [-0.2, -0.15) is 0 Å². The molecule has 2 N–H and O–H groups in total. The summed E-state index contributed by atoms with van der Waals surface area (Å²) in [5.41, 5.74) is 0.525. The number of hydrogen-bond acceptors (Lipinski definition) is 5. The average Bonchev–Trinajstić information content (AvgIpc) is 2.75. The molecule has 1 unspecified atom stereocenters. The molecular formula is C15H29N5O2. The van der Waals surface area contributed by atoms with Crippen molar-refractivity contribution in [2.24, 2.45) is 13.0 Å². The molecule has 126 valence electrons. The van der Waals surface area contributed by atoms with Crippen LogP contribution in [0.2, 0.25) is 0 Å². The van der Waals surface area contributed by atoms with E-state index in [4.69, 9.17) is 4.74 Å². The Balaban J connectivity index is 2.47. The van der Waals surface area contributed by atoms with Crippen molar-refractivity contribution in [2.45, 2.75) is 59.2 Å². The van der Waals surface area contributed by atoms with Crippen LogP contribution in [0.1, 0.15) is 46.7 Å². The molecule has 1 heterocycles. The van der Waals surface area contributed by atoms with Gasteiger partial charge in [0, 0.05) is 26.2 Å². The number of nitrogens with zero attached hydrogens (tertiary/aromatic N) is 3. The van der Waals surface area contributed by atoms with E-state index in [0.29, 0.717) is 19.0 Å². The van der Waals surface area contributed by atoms with Crippen molar-refractivity contribution in [1.82, 2.24) is 25.6 Å². The minimum atomic E-state index is -0.481. The molecule has 0 aliphatic carbocycles. The number of carbonyl (C=O) groups excluding carboxylic acids is 1. The molecular weight excluding hydrogens is 282 g/mol. The summed E-state index contributed by atoms with van der Waals surface area (Å²) in [6.45, 7) is 11.1. The lowest BCUT2D eigenvalue weighted by atomic mass is 10.0. The number of hydrogen-bond donors (Lipinski definition) is 2. The first-order chi connectivity index (χ1) is 10.2. The topological polar surface area (TPSA) is 81.1 Å². The fraction of sp³-hybridized carbons (Fsp3) is 0.800. The highest BCUT2D eigenvalue weighted by molar-refractivity contribution is 5.67. The van der Waals surface area contributed by atoms with E-state index in [2.05, 4.69) is 34.8 Å². The third kappa shape index (κ3) is 7.40. The van der Waals surface area contributed by atoms with Crippen LogP contribution in [0.5, 0.6) is 0 Å². The van der Waals surface area contributed by atoms with Gasteiger partial charge in [0.25, 0.3) is 0 Å². The molecule has 1 aromatic rings. The summed E-state index contributed by atoms with van der Waals surface area (Å²) in [7, 11) is 1.86. The molecule has 0 saturated heterocycles. The van der Waals surface area contributed by atoms with Crippen molar-refractivity contribution in [3.05, 3.63) is 11.9 Å². The molecule has 1 amide bonds. The van der Waals surface area contributed by atoms with Crippen LogP contribution in [0.25, 0.3) is 0 Å². The van der Waals surface area contributed by atoms with E-state index in [1.165, 1.54) is 0 Å². The van der Waals surface area contributed by atoms with E-state index in [1.54, 1.807) is 10.9 Å². The lowest BCUT2D eigenvalue weighted by Gasteiger charge is -2.23. The first kappa shape index (κ1) is 18.4. The maximum absolute atomic E-state index is 11.8. The fourth-order valence-electron chi connectivity index (χ4n) is 2.05. The number of aromatic nitrogens is 3. The molecule has 7 heteroatoms. The SMILES string of the molecule is CC(C)CC(CNC(=O)OC(C)(C)C)NCc1cnnn1C. The van der Waals surface area contributed by atoms with Crippen LogP contribution in [0.3, 0.4) is 0 Å². The van der Waals surface area contributed by atoms with Crippen LogP contribution in [-0.2, 0) is 18.3 Å². The minimum absolute atomic E-state index is 0.169. The predicted octanol–water partition coefficient (Wildman–Crippen LogP) is 1.84. The van der Waals surface area contributed by atoms with Crippen molar-refractivity contribution < 1.29 is 9.53 Å². The summed E-state index contributed by atoms with van der Waals surface area (Å²) in [6, 6.07) is 0.169. The first-order valence-corrected chi connectivity index (χ1v) is 7.71. The Labute approximate surface area is 132 Å². The summed E-state index contributed by atoms with van der Waals surface area (Å²) in [6.07, 6.45) is 2.31. The van der Waals surface area contributed by atoms with Crippen molar-refractivity contribution in [3.63, 3.8) is 0 Å². The smallest absolute Gasteiger partial charge is 0.407 e. The first-order valence-electron chi connectivity index (χ1n) is 7.71. The minimum Gasteiger partial charge on any atom is -0.444 e. The van der Waals surface area contributed by atoms with E-state index in [1.807, 2.05) is 27.8 Å². The van der Waals surface area contributed by atoms with Crippen LogP contribution in [-0.4, -0.2) is 39.3 Å². The highest BCUT2D eigenvalue weighted by Crippen LogP contribution is 2.08. The number of carbonyl (C=O) groups is 1. The number of alkyl carbamates (subject to hydrolysis) is 1. The lowest BCUT2D eigenvalue weighted by molar-refractivity contribution is 0.0520. The zero-order chi connectivity index (χ0) is 16.8. The normalized spacial score (nSPS) is 13.2. The molecule has 1 rings (SSSR count). The Morgan fingerprint density at radius 2 is 2.09 bits per heavy atom. The van der Waals surface area contributed by atoms with E-state index < -0.39 is 5.60 Å². The van der Waals surface area contributed by atoms with Crippen LogP contribution in [0.15, 0.2) is 6.20 Å². The van der Waals surface area contributed by atoms with Crippen LogP contribution < -0.4 is 10.6 Å². The van der Waals surface area contributed by atoms with Gasteiger partial charge in [0.15, 0.2) is 0 Å². The Bertz CT molecular complexity index is 465. The van der Waals surface area contributed by atoms with Gasteiger partial charge in [-0.1, -0.05) is 19.1 Å². The van der Waals surface area contributed by atoms with E-state index in [-0.39, 0.29) is 12.1 Å². The van der Waals surface area contributed by atoms with Crippen LogP contribution in [0, 0.1) is 5.92 Å². The molecule has 1 atom stereocenters. The molecule has 0 aliphatic rings. The Morgan fingerprint density at radius 1 is 1.41 bits per heavy atom. The molecule has 0 saturated carbocycles. The maximum Gasteiger partial charge on any atom is 0.407 e. The van der Waals surface area contributed by atoms with Crippen molar-refractivity contribution >= 4 is 6.09 Å². The molecule has 22 heavy (non-hydrogen) atoms. The molecule has 0 fully saturated rings. The summed E-state index contributed by atoms with van der Waals surface area (Å²) in [4.78, 5) is 11.8. The second-order valence-corrected chi connectivity index (χ2v) is 6.94. The summed E-state index contributed by atoms with van der Waals surface area (Å²) >= 11 is 0. The van der Waals surface area contributed by atoms with Crippen molar-refractivity contribution in [2.75, 3.05) is 6.54 Å². The molecule has 0 aromatic carbocycles. The number of nitrogens with one attached hydrogen (secondary N) is 2. The summed E-state index contributed by atoms with van der Waals surface area (Å²) < 4.78 is 7.00. The maximum atomic E-state index is 11.8. The number of rotatable bonds is 7. The predicted molar refractivity (Wildman–Crippen MR) is 85.3 cm³/mol. The number of ether oxygens (including phenoxy) is 1. The third-order valence-electron chi connectivity index (χ3n) is 3.03. The average molecular weight is 311 g/mol.